The van der Waals surface area contributed by atoms with Crippen molar-refractivity contribution in [1.82, 2.24) is 9.89 Å². The van der Waals surface area contributed by atoms with Crippen molar-refractivity contribution in [2.75, 3.05) is 4.83 Å². The van der Waals surface area contributed by atoms with Gasteiger partial charge < -0.3 is 0 Å². The third-order valence-corrected chi connectivity index (χ3v) is 6.31. The van der Waals surface area contributed by atoms with Crippen molar-refractivity contribution < 1.29 is 21.6 Å². The van der Waals surface area contributed by atoms with Gasteiger partial charge in [-0.3, -0.25) is 0 Å². The van der Waals surface area contributed by atoms with Gasteiger partial charge in [-0.1, -0.05) is 18.2 Å². The highest BCUT2D eigenvalue weighted by Gasteiger charge is 2.36. The second-order valence-corrected chi connectivity index (χ2v) is 8.15. The lowest BCUT2D eigenvalue weighted by Gasteiger charge is -2.11. The number of halogens is 3. The van der Waals surface area contributed by atoms with Gasteiger partial charge in [0.25, 0.3) is 10.0 Å². The van der Waals surface area contributed by atoms with Crippen LogP contribution in [0.4, 0.5) is 13.2 Å². The first-order valence-corrected chi connectivity index (χ1v) is 9.76. The monoisotopic (exact) mass is 401 g/mol. The highest BCUT2D eigenvalue weighted by atomic mass is 32.2. The molecule has 2 heterocycles. The standard InChI is InChI=1S/C16H14F3N3O2S2/c1-10-9-25-15(11(10)2)13-8-14(16(17,18)19)20-22(13)21-26(23,24)12-6-4-3-5-7-12/h3-9,21H,1-2H3. The summed E-state index contributed by atoms with van der Waals surface area (Å²) in [6.45, 7) is 3.59. The Kier molecular flexibility index (Phi) is 4.57. The van der Waals surface area contributed by atoms with Gasteiger partial charge in [-0.05, 0) is 48.6 Å². The Labute approximate surface area is 152 Å². The summed E-state index contributed by atoms with van der Waals surface area (Å²) in [5.74, 6) is 0. The molecule has 0 aliphatic carbocycles. The molecule has 0 unspecified atom stereocenters. The molecule has 0 atom stereocenters. The van der Waals surface area contributed by atoms with E-state index in [1.54, 1.807) is 18.4 Å². The zero-order chi connectivity index (χ0) is 19.1. The highest BCUT2D eigenvalue weighted by Crippen LogP contribution is 2.36. The van der Waals surface area contributed by atoms with Crippen LogP contribution in [-0.4, -0.2) is 18.3 Å². The Morgan fingerprint density at radius 1 is 1.15 bits per heavy atom. The molecular formula is C16H14F3N3O2S2. The first-order chi connectivity index (χ1) is 12.1. The Hall–Kier alpha value is -2.33. The summed E-state index contributed by atoms with van der Waals surface area (Å²) in [5, 5.41) is 5.22. The molecule has 1 N–H and O–H groups in total. The number of rotatable bonds is 4. The molecule has 0 aliphatic rings. The molecule has 2 aromatic heterocycles. The van der Waals surface area contributed by atoms with E-state index < -0.39 is 21.9 Å². The third kappa shape index (κ3) is 3.47. The van der Waals surface area contributed by atoms with Crippen LogP contribution in [-0.2, 0) is 16.2 Å². The molecule has 0 saturated heterocycles. The van der Waals surface area contributed by atoms with Crippen molar-refractivity contribution in [2.45, 2.75) is 24.9 Å². The van der Waals surface area contributed by atoms with E-state index in [1.807, 2.05) is 6.92 Å². The summed E-state index contributed by atoms with van der Waals surface area (Å²) >= 11 is 1.23. The number of hydrogen-bond acceptors (Lipinski definition) is 4. The summed E-state index contributed by atoms with van der Waals surface area (Å²) in [7, 11) is -4.09. The molecule has 0 bridgehead atoms. The second-order valence-electron chi connectivity index (χ2n) is 5.60. The van der Waals surface area contributed by atoms with Gasteiger partial charge in [-0.25, -0.2) is 0 Å². The zero-order valence-corrected chi connectivity index (χ0v) is 15.3. The molecule has 5 nitrogen and oxygen atoms in total. The Bertz CT molecular complexity index is 1040. The van der Waals surface area contributed by atoms with Crippen LogP contribution in [0.3, 0.4) is 0 Å². The fourth-order valence-corrected chi connectivity index (χ4v) is 4.34. The van der Waals surface area contributed by atoms with Gasteiger partial charge in [0.1, 0.15) is 5.69 Å². The van der Waals surface area contributed by atoms with Crippen LogP contribution in [0.25, 0.3) is 10.6 Å². The van der Waals surface area contributed by atoms with E-state index in [0.29, 0.717) is 9.67 Å². The second kappa shape index (κ2) is 6.44. The molecule has 0 fully saturated rings. The van der Waals surface area contributed by atoms with Crippen LogP contribution in [0.2, 0.25) is 0 Å². The summed E-state index contributed by atoms with van der Waals surface area (Å²) < 4.78 is 64.3. The van der Waals surface area contributed by atoms with E-state index in [9.17, 15) is 21.6 Å². The van der Waals surface area contributed by atoms with Gasteiger partial charge in [-0.15, -0.1) is 16.4 Å². The van der Waals surface area contributed by atoms with Crippen LogP contribution in [0.5, 0.6) is 0 Å². The van der Waals surface area contributed by atoms with Crippen LogP contribution in [0, 0.1) is 13.8 Å². The first kappa shape index (κ1) is 18.5. The number of nitrogens with one attached hydrogen (secondary N) is 1. The van der Waals surface area contributed by atoms with Crippen molar-refractivity contribution in [3.8, 4) is 10.6 Å². The number of alkyl halides is 3. The van der Waals surface area contributed by atoms with E-state index in [0.717, 1.165) is 17.2 Å². The Morgan fingerprint density at radius 3 is 2.35 bits per heavy atom. The minimum Gasteiger partial charge on any atom is -0.200 e. The molecule has 0 spiro atoms. The van der Waals surface area contributed by atoms with E-state index in [4.69, 9.17) is 0 Å². The predicted molar refractivity (Wildman–Crippen MR) is 93.0 cm³/mol. The van der Waals surface area contributed by atoms with Crippen molar-refractivity contribution in [3.63, 3.8) is 0 Å². The number of nitrogens with zero attached hydrogens (tertiary/aromatic N) is 2. The van der Waals surface area contributed by atoms with Crippen molar-refractivity contribution in [2.24, 2.45) is 0 Å². The molecule has 1 aromatic carbocycles. The van der Waals surface area contributed by atoms with Crippen LogP contribution < -0.4 is 4.83 Å². The van der Waals surface area contributed by atoms with E-state index in [-0.39, 0.29) is 10.6 Å². The molecule has 3 rings (SSSR count). The molecule has 138 valence electrons. The number of sulfonamides is 1. The maximum Gasteiger partial charge on any atom is 0.435 e. The van der Waals surface area contributed by atoms with E-state index in [1.165, 1.54) is 35.6 Å². The lowest BCUT2D eigenvalue weighted by Crippen LogP contribution is -2.25. The summed E-state index contributed by atoms with van der Waals surface area (Å²) in [6.07, 6.45) is -4.70. The lowest BCUT2D eigenvalue weighted by atomic mass is 10.1. The minimum absolute atomic E-state index is 0.0347. The summed E-state index contributed by atoms with van der Waals surface area (Å²) in [5.41, 5.74) is 0.530. The van der Waals surface area contributed by atoms with Crippen molar-refractivity contribution in [3.05, 3.63) is 58.6 Å². The maximum atomic E-state index is 13.1. The molecule has 0 saturated carbocycles. The average molecular weight is 401 g/mol. The molecule has 0 radical (unpaired) electrons. The topological polar surface area (TPSA) is 64.0 Å². The third-order valence-electron chi connectivity index (χ3n) is 3.78. The van der Waals surface area contributed by atoms with Gasteiger partial charge in [0.05, 0.1) is 9.77 Å². The largest absolute Gasteiger partial charge is 0.435 e. The molecule has 3 aromatic rings. The fraction of sp³-hybridized carbons (Fsp3) is 0.188. The van der Waals surface area contributed by atoms with Gasteiger partial charge in [0.15, 0.2) is 5.69 Å². The molecular weight excluding hydrogens is 387 g/mol. The first-order valence-electron chi connectivity index (χ1n) is 7.40. The Balaban J connectivity index is 2.12. The number of aryl methyl sites for hydroxylation is 1. The van der Waals surface area contributed by atoms with Gasteiger partial charge >= 0.3 is 6.18 Å². The smallest absolute Gasteiger partial charge is 0.200 e. The van der Waals surface area contributed by atoms with Crippen LogP contribution in [0.1, 0.15) is 16.8 Å². The van der Waals surface area contributed by atoms with Gasteiger partial charge in [-0.2, -0.15) is 31.2 Å². The van der Waals surface area contributed by atoms with E-state index in [2.05, 4.69) is 9.93 Å². The highest BCUT2D eigenvalue weighted by molar-refractivity contribution is 7.92. The average Bonchev–Trinajstić information content (AvgIpc) is 3.12. The predicted octanol–water partition coefficient (Wildman–Crippen LogP) is 4.18. The van der Waals surface area contributed by atoms with Crippen molar-refractivity contribution >= 4 is 21.4 Å². The molecule has 0 amide bonds. The van der Waals surface area contributed by atoms with Gasteiger partial charge in [0, 0.05) is 0 Å². The van der Waals surface area contributed by atoms with Crippen molar-refractivity contribution in [1.29, 1.82) is 0 Å². The summed E-state index contributed by atoms with van der Waals surface area (Å²) in [6, 6.07) is 8.20. The zero-order valence-electron chi connectivity index (χ0n) is 13.7. The van der Waals surface area contributed by atoms with E-state index >= 15 is 0 Å². The quantitative estimate of drug-likeness (QED) is 0.713. The number of thiophene rings is 1. The number of hydrogen-bond donors (Lipinski definition) is 1. The minimum atomic E-state index is -4.70. The SMILES string of the molecule is Cc1csc(-c2cc(C(F)(F)F)nn2NS(=O)(=O)c2ccccc2)c1C. The summed E-state index contributed by atoms with van der Waals surface area (Å²) in [4.78, 5) is 3.23. The lowest BCUT2D eigenvalue weighted by molar-refractivity contribution is -0.141. The number of aromatic nitrogens is 2. The maximum absolute atomic E-state index is 13.1. The molecule has 0 aliphatic heterocycles. The van der Waals surface area contributed by atoms with Crippen LogP contribution >= 0.6 is 11.3 Å². The van der Waals surface area contributed by atoms with Gasteiger partial charge in [0.2, 0.25) is 0 Å². The normalized spacial score (nSPS) is 12.3. The fourth-order valence-electron chi connectivity index (χ4n) is 2.27. The van der Waals surface area contributed by atoms with Crippen LogP contribution in [0.15, 0.2) is 46.7 Å². The number of benzene rings is 1. The Morgan fingerprint density at radius 2 is 1.81 bits per heavy atom. The molecule has 26 heavy (non-hydrogen) atoms. The molecule has 10 heteroatoms.